The molecule has 2 aromatic carbocycles. The number of carbonyl (C=O) groups is 2. The van der Waals surface area contributed by atoms with Crippen LogP contribution in [0, 0.1) is 0 Å². The molecule has 1 amide bonds. The molecule has 1 aliphatic heterocycles. The van der Waals surface area contributed by atoms with Crippen LogP contribution in [-0.4, -0.2) is 65.3 Å². The highest BCUT2D eigenvalue weighted by atomic mass is 16.1. The van der Waals surface area contributed by atoms with Crippen molar-refractivity contribution >= 4 is 34.2 Å². The van der Waals surface area contributed by atoms with Gasteiger partial charge in [-0.3, -0.25) is 9.59 Å². The van der Waals surface area contributed by atoms with E-state index in [4.69, 9.17) is 5.73 Å². The van der Waals surface area contributed by atoms with Crippen LogP contribution in [0.25, 0.3) is 10.9 Å². The molecule has 1 aliphatic rings. The van der Waals surface area contributed by atoms with Crippen molar-refractivity contribution in [2.75, 3.05) is 43.9 Å². The number of rotatable bonds is 10. The average Bonchev–Trinajstić information content (AvgIpc) is 2.97. The summed E-state index contributed by atoms with van der Waals surface area (Å²) in [5.74, 6) is 1.03. The summed E-state index contributed by atoms with van der Waals surface area (Å²) in [4.78, 5) is 42.9. The lowest BCUT2D eigenvalue weighted by atomic mass is 9.98. The minimum atomic E-state index is -0.533. The number of benzene rings is 2. The van der Waals surface area contributed by atoms with Crippen LogP contribution < -0.4 is 16.0 Å². The second-order valence-corrected chi connectivity index (χ2v) is 10.5. The maximum absolute atomic E-state index is 13.3. The molecule has 0 radical (unpaired) electrons. The molecular formula is C31H35N7O2. The maximum Gasteiger partial charge on any atom is 0.250 e. The van der Waals surface area contributed by atoms with Gasteiger partial charge in [0.25, 0.3) is 5.91 Å². The zero-order valence-electron chi connectivity index (χ0n) is 23.0. The van der Waals surface area contributed by atoms with E-state index in [0.717, 1.165) is 48.3 Å². The Labute approximate surface area is 234 Å². The Bertz CT molecular complexity index is 1510. The molecule has 0 spiro atoms. The van der Waals surface area contributed by atoms with E-state index >= 15 is 0 Å². The SMILES string of the molecule is CN(C)CC(Nc1ncnc2c(C(N)=O)cccc12)c1cccc(CC(=O)c2ccnc(N3CCCCC3)c2)c1. The van der Waals surface area contributed by atoms with Crippen LogP contribution in [0.2, 0.25) is 0 Å². The van der Waals surface area contributed by atoms with E-state index in [2.05, 4.69) is 36.1 Å². The van der Waals surface area contributed by atoms with Gasteiger partial charge < -0.3 is 20.9 Å². The maximum atomic E-state index is 13.3. The lowest BCUT2D eigenvalue weighted by Crippen LogP contribution is -2.30. The first-order valence-electron chi connectivity index (χ1n) is 13.7. The number of nitrogens with zero attached hydrogens (tertiary/aromatic N) is 5. The molecule has 2 aromatic heterocycles. The number of hydrogen-bond donors (Lipinski definition) is 2. The third kappa shape index (κ3) is 6.26. The summed E-state index contributed by atoms with van der Waals surface area (Å²) in [6.45, 7) is 2.65. The predicted octanol–water partition coefficient (Wildman–Crippen LogP) is 4.25. The molecule has 40 heavy (non-hydrogen) atoms. The van der Waals surface area contributed by atoms with Gasteiger partial charge in [-0.1, -0.05) is 30.3 Å². The topological polar surface area (TPSA) is 117 Å². The minimum Gasteiger partial charge on any atom is -0.366 e. The molecule has 3 N–H and O–H groups in total. The van der Waals surface area contributed by atoms with Gasteiger partial charge in [0.15, 0.2) is 5.78 Å². The van der Waals surface area contributed by atoms with Gasteiger partial charge >= 0.3 is 0 Å². The highest BCUT2D eigenvalue weighted by Gasteiger charge is 2.19. The number of nitrogens with one attached hydrogen (secondary N) is 1. The molecule has 5 rings (SSSR count). The van der Waals surface area contributed by atoms with Crippen LogP contribution in [0.5, 0.6) is 0 Å². The summed E-state index contributed by atoms with van der Waals surface area (Å²) in [6.07, 6.45) is 7.03. The standard InChI is InChI=1S/C31H35N7O2/c1-37(2)19-26(36-31-25-11-7-10-24(30(32)40)29(25)34-20-35-31)22-9-6-8-21(16-22)17-27(39)23-12-13-33-28(18-23)38-14-4-3-5-15-38/h6-13,16,18,20,26H,3-5,14-15,17,19H2,1-2H3,(H2,32,40)(H,34,35,36). The number of nitrogens with two attached hydrogens (primary N) is 1. The van der Waals surface area contributed by atoms with Gasteiger partial charge in [0.2, 0.25) is 0 Å². The summed E-state index contributed by atoms with van der Waals surface area (Å²) in [6, 6.07) is 17.0. The highest BCUT2D eigenvalue weighted by molar-refractivity contribution is 6.06. The fraction of sp³-hybridized carbons (Fsp3) is 0.323. The second kappa shape index (κ2) is 12.2. The van der Waals surface area contributed by atoms with Crippen molar-refractivity contribution in [3.8, 4) is 0 Å². The van der Waals surface area contributed by atoms with Crippen LogP contribution in [0.15, 0.2) is 67.1 Å². The molecule has 206 valence electrons. The van der Waals surface area contributed by atoms with Gasteiger partial charge in [0, 0.05) is 43.2 Å². The molecule has 9 nitrogen and oxygen atoms in total. The molecule has 3 heterocycles. The largest absolute Gasteiger partial charge is 0.366 e. The summed E-state index contributed by atoms with van der Waals surface area (Å²) in [7, 11) is 4.02. The molecule has 1 unspecified atom stereocenters. The predicted molar refractivity (Wildman–Crippen MR) is 158 cm³/mol. The fourth-order valence-corrected chi connectivity index (χ4v) is 5.26. The van der Waals surface area contributed by atoms with Crippen molar-refractivity contribution in [1.82, 2.24) is 19.9 Å². The zero-order valence-corrected chi connectivity index (χ0v) is 23.0. The third-order valence-corrected chi connectivity index (χ3v) is 7.25. The highest BCUT2D eigenvalue weighted by Crippen LogP contribution is 2.27. The number of ketones is 1. The van der Waals surface area contributed by atoms with Gasteiger partial charge in [0.1, 0.15) is 18.0 Å². The summed E-state index contributed by atoms with van der Waals surface area (Å²) >= 11 is 0. The van der Waals surface area contributed by atoms with E-state index in [0.29, 0.717) is 35.4 Å². The van der Waals surface area contributed by atoms with Crippen LogP contribution in [0.3, 0.4) is 0 Å². The summed E-state index contributed by atoms with van der Waals surface area (Å²) in [5.41, 5.74) is 9.09. The number of Topliss-reactive ketones (excluding diaryl/α,β-unsaturated/α-hetero) is 1. The van der Waals surface area contributed by atoms with E-state index in [1.165, 1.54) is 12.7 Å². The van der Waals surface area contributed by atoms with Crippen LogP contribution in [0.4, 0.5) is 11.6 Å². The number of pyridine rings is 1. The zero-order chi connectivity index (χ0) is 28.1. The molecule has 4 aromatic rings. The molecule has 1 atom stereocenters. The first kappa shape index (κ1) is 27.2. The average molecular weight is 538 g/mol. The van der Waals surface area contributed by atoms with Crippen molar-refractivity contribution in [3.63, 3.8) is 0 Å². The second-order valence-electron chi connectivity index (χ2n) is 10.5. The lowest BCUT2D eigenvalue weighted by Gasteiger charge is -2.27. The van der Waals surface area contributed by atoms with E-state index in [-0.39, 0.29) is 11.8 Å². The Morgan fingerprint density at radius 2 is 1.80 bits per heavy atom. The summed E-state index contributed by atoms with van der Waals surface area (Å²) in [5, 5.41) is 4.27. The molecular weight excluding hydrogens is 502 g/mol. The molecule has 1 fully saturated rings. The van der Waals surface area contributed by atoms with Crippen LogP contribution in [0.1, 0.15) is 57.1 Å². The summed E-state index contributed by atoms with van der Waals surface area (Å²) < 4.78 is 0. The van der Waals surface area contributed by atoms with Gasteiger partial charge in [0.05, 0.1) is 17.1 Å². The Hall–Kier alpha value is -4.37. The molecule has 1 saturated heterocycles. The van der Waals surface area contributed by atoms with E-state index in [1.54, 1.807) is 24.4 Å². The first-order valence-corrected chi connectivity index (χ1v) is 13.7. The number of hydrogen-bond acceptors (Lipinski definition) is 8. The Morgan fingerprint density at radius 3 is 2.58 bits per heavy atom. The number of piperidine rings is 1. The van der Waals surface area contributed by atoms with Crippen molar-refractivity contribution in [2.24, 2.45) is 5.73 Å². The molecule has 9 heteroatoms. The Kier molecular flexibility index (Phi) is 8.31. The molecule has 0 saturated carbocycles. The Morgan fingerprint density at radius 1 is 1.00 bits per heavy atom. The molecule has 0 aliphatic carbocycles. The van der Waals surface area contributed by atoms with Gasteiger partial charge in [-0.05, 0) is 68.8 Å². The fourth-order valence-electron chi connectivity index (χ4n) is 5.26. The monoisotopic (exact) mass is 537 g/mol. The van der Waals surface area contributed by atoms with Gasteiger partial charge in [-0.2, -0.15) is 0 Å². The number of amides is 1. The van der Waals surface area contributed by atoms with E-state index in [1.807, 2.05) is 44.4 Å². The van der Waals surface area contributed by atoms with Crippen molar-refractivity contribution < 1.29 is 9.59 Å². The van der Waals surface area contributed by atoms with Gasteiger partial charge in [-0.25, -0.2) is 15.0 Å². The number of fused-ring (bicyclic) bond motifs is 1. The Balaban J connectivity index is 1.38. The number of aromatic nitrogens is 3. The normalized spacial score (nSPS) is 14.3. The van der Waals surface area contributed by atoms with Crippen LogP contribution >= 0.6 is 0 Å². The number of primary amides is 1. The molecule has 0 bridgehead atoms. The first-order chi connectivity index (χ1) is 19.4. The smallest absolute Gasteiger partial charge is 0.250 e. The lowest BCUT2D eigenvalue weighted by molar-refractivity contribution is 0.0988. The van der Waals surface area contributed by atoms with Crippen molar-refractivity contribution in [1.29, 1.82) is 0 Å². The van der Waals surface area contributed by atoms with Crippen molar-refractivity contribution in [2.45, 2.75) is 31.7 Å². The number of para-hydroxylation sites is 1. The minimum absolute atomic E-state index is 0.0655. The number of anilines is 2. The quantitative estimate of drug-likeness (QED) is 0.288. The van der Waals surface area contributed by atoms with E-state index in [9.17, 15) is 9.59 Å². The van der Waals surface area contributed by atoms with Crippen LogP contribution in [-0.2, 0) is 6.42 Å². The van der Waals surface area contributed by atoms with Crippen molar-refractivity contribution in [3.05, 3.63) is 89.4 Å². The number of carbonyl (C=O) groups excluding carboxylic acids is 2. The number of likely N-dealkylation sites (N-methyl/N-ethyl adjacent to an activating group) is 1. The third-order valence-electron chi connectivity index (χ3n) is 7.25. The van der Waals surface area contributed by atoms with E-state index < -0.39 is 5.91 Å². The van der Waals surface area contributed by atoms with Gasteiger partial charge in [-0.15, -0.1) is 0 Å².